The molecule has 0 radical (unpaired) electrons. The lowest BCUT2D eigenvalue weighted by atomic mass is 10.2. The Hall–Kier alpha value is -1.96. The van der Waals surface area contributed by atoms with E-state index in [1.54, 1.807) is 14.0 Å². The van der Waals surface area contributed by atoms with Crippen LogP contribution in [0.4, 0.5) is 5.13 Å². The quantitative estimate of drug-likeness (QED) is 0.351. The number of thioether (sulfide) groups is 1. The van der Waals surface area contributed by atoms with Crippen molar-refractivity contribution in [3.05, 3.63) is 18.0 Å². The molecule has 2 aromatic heterocycles. The average Bonchev–Trinajstić information content (AvgIpc) is 3.42. The molecule has 1 amide bonds. The van der Waals surface area contributed by atoms with E-state index in [1.807, 2.05) is 6.92 Å². The fourth-order valence-corrected chi connectivity index (χ4v) is 6.52. The maximum absolute atomic E-state index is 13.2. The molecule has 0 bridgehead atoms. The zero-order valence-corrected chi connectivity index (χ0v) is 19.3. The van der Waals surface area contributed by atoms with Crippen LogP contribution < -0.4 is 5.32 Å². The largest absolute Gasteiger partial charge is 0.461 e. The number of carbonyl (C=O) groups is 2. The number of amides is 1. The third-order valence-electron chi connectivity index (χ3n) is 4.48. The Bertz CT molecular complexity index is 1030. The van der Waals surface area contributed by atoms with Gasteiger partial charge in [-0.1, -0.05) is 30.0 Å². The van der Waals surface area contributed by atoms with Crippen molar-refractivity contribution in [3.8, 4) is 0 Å². The van der Waals surface area contributed by atoms with Crippen molar-refractivity contribution in [2.24, 2.45) is 7.05 Å². The van der Waals surface area contributed by atoms with Gasteiger partial charge in [0.1, 0.15) is 16.6 Å². The van der Waals surface area contributed by atoms with E-state index in [0.717, 1.165) is 10.1 Å². The first-order valence-electron chi connectivity index (χ1n) is 9.40. The summed E-state index contributed by atoms with van der Waals surface area (Å²) in [5.41, 5.74) is 0.130. The highest BCUT2D eigenvalue weighted by Crippen LogP contribution is 2.29. The number of rotatable bonds is 8. The van der Waals surface area contributed by atoms with Gasteiger partial charge in [0.05, 0.1) is 6.61 Å². The number of nitrogens with one attached hydrogen (secondary N) is 1. The molecule has 3 rings (SSSR count). The highest BCUT2D eigenvalue weighted by molar-refractivity contribution is 8.01. The second-order valence-electron chi connectivity index (χ2n) is 6.46. The van der Waals surface area contributed by atoms with Gasteiger partial charge in [-0.15, -0.1) is 10.2 Å². The Balaban J connectivity index is 1.79. The molecule has 10 nitrogen and oxygen atoms in total. The number of sulfonamides is 1. The number of aryl methyl sites for hydroxylation is 1. The Labute approximate surface area is 183 Å². The third-order valence-corrected chi connectivity index (χ3v) is 8.21. The lowest BCUT2D eigenvalue weighted by Gasteiger charge is -2.22. The summed E-state index contributed by atoms with van der Waals surface area (Å²) in [6.07, 6.45) is 2.31. The van der Waals surface area contributed by atoms with E-state index in [4.69, 9.17) is 4.74 Å². The molecule has 0 aliphatic carbocycles. The van der Waals surface area contributed by atoms with Crippen LogP contribution in [-0.2, 0) is 26.6 Å². The standard InChI is InChI=1S/C17H23N5O5S3/c1-4-27-15(24)13-9-11(10-21(13)3)30(25,26)22-8-6-7-12(22)14(23)18-16-19-20-17(29-16)28-5-2/h9-10,12H,4-8H2,1-3H3,(H,18,19,23)/t12-/m1/s1. The van der Waals surface area contributed by atoms with E-state index >= 15 is 0 Å². The molecule has 0 unspecified atom stereocenters. The molecule has 2 aromatic rings. The van der Waals surface area contributed by atoms with Crippen molar-refractivity contribution in [2.75, 3.05) is 24.2 Å². The molecular formula is C17H23N5O5S3. The molecule has 30 heavy (non-hydrogen) atoms. The first-order valence-corrected chi connectivity index (χ1v) is 12.6. The van der Waals surface area contributed by atoms with Crippen LogP contribution in [0.15, 0.2) is 21.5 Å². The predicted molar refractivity (Wildman–Crippen MR) is 113 cm³/mol. The van der Waals surface area contributed by atoms with E-state index in [1.165, 1.54) is 44.2 Å². The van der Waals surface area contributed by atoms with Crippen LogP contribution in [0, 0.1) is 0 Å². The lowest BCUT2D eigenvalue weighted by molar-refractivity contribution is -0.119. The molecule has 13 heteroatoms. The summed E-state index contributed by atoms with van der Waals surface area (Å²) in [5.74, 6) is -0.210. The van der Waals surface area contributed by atoms with E-state index < -0.39 is 27.9 Å². The zero-order valence-electron chi connectivity index (χ0n) is 16.8. The molecule has 1 aliphatic heterocycles. The Morgan fingerprint density at radius 1 is 1.37 bits per heavy atom. The maximum Gasteiger partial charge on any atom is 0.354 e. The number of esters is 1. The third kappa shape index (κ3) is 4.68. The normalized spacial score (nSPS) is 17.2. The maximum atomic E-state index is 13.2. The van der Waals surface area contributed by atoms with Crippen molar-refractivity contribution in [1.29, 1.82) is 0 Å². The van der Waals surface area contributed by atoms with E-state index in [0.29, 0.717) is 18.0 Å². The van der Waals surface area contributed by atoms with Crippen molar-refractivity contribution < 1.29 is 22.7 Å². The van der Waals surface area contributed by atoms with Crippen LogP contribution in [-0.4, -0.2) is 64.3 Å². The molecule has 3 heterocycles. The molecule has 1 aliphatic rings. The fraction of sp³-hybridized carbons (Fsp3) is 0.529. The predicted octanol–water partition coefficient (Wildman–Crippen LogP) is 1.96. The molecule has 0 spiro atoms. The number of hydrogen-bond acceptors (Lipinski definition) is 9. The summed E-state index contributed by atoms with van der Waals surface area (Å²) in [5, 5.41) is 10.9. The molecule has 1 N–H and O–H groups in total. The summed E-state index contributed by atoms with van der Waals surface area (Å²) in [6.45, 7) is 4.07. The van der Waals surface area contributed by atoms with Gasteiger partial charge in [-0.2, -0.15) is 4.31 Å². The van der Waals surface area contributed by atoms with Crippen molar-refractivity contribution in [1.82, 2.24) is 19.1 Å². The zero-order chi connectivity index (χ0) is 21.9. The second-order valence-corrected chi connectivity index (χ2v) is 10.8. The summed E-state index contributed by atoms with van der Waals surface area (Å²) in [7, 11) is -2.40. The summed E-state index contributed by atoms with van der Waals surface area (Å²) in [6, 6.07) is 0.423. The molecule has 1 fully saturated rings. The molecule has 0 saturated carbocycles. The highest BCUT2D eigenvalue weighted by atomic mass is 32.2. The summed E-state index contributed by atoms with van der Waals surface area (Å²) >= 11 is 2.76. The van der Waals surface area contributed by atoms with Crippen LogP contribution >= 0.6 is 23.1 Å². The van der Waals surface area contributed by atoms with Gasteiger partial charge in [0.15, 0.2) is 4.34 Å². The van der Waals surface area contributed by atoms with Gasteiger partial charge < -0.3 is 9.30 Å². The second kappa shape index (κ2) is 9.45. The van der Waals surface area contributed by atoms with Gasteiger partial charge in [-0.3, -0.25) is 10.1 Å². The topological polar surface area (TPSA) is 123 Å². The number of nitrogens with zero attached hydrogens (tertiary/aromatic N) is 4. The van der Waals surface area contributed by atoms with Gasteiger partial charge in [0.25, 0.3) is 0 Å². The van der Waals surface area contributed by atoms with E-state index in [-0.39, 0.29) is 23.7 Å². The summed E-state index contributed by atoms with van der Waals surface area (Å²) < 4.78 is 34.7. The Morgan fingerprint density at radius 2 is 2.13 bits per heavy atom. The monoisotopic (exact) mass is 473 g/mol. The van der Waals surface area contributed by atoms with Gasteiger partial charge >= 0.3 is 5.97 Å². The molecule has 1 atom stereocenters. The fourth-order valence-electron chi connectivity index (χ4n) is 3.14. The van der Waals surface area contributed by atoms with Gasteiger partial charge in [-0.25, -0.2) is 13.2 Å². The smallest absolute Gasteiger partial charge is 0.354 e. The van der Waals surface area contributed by atoms with Crippen LogP contribution in [0.1, 0.15) is 37.2 Å². The van der Waals surface area contributed by atoms with E-state index in [2.05, 4.69) is 15.5 Å². The van der Waals surface area contributed by atoms with Crippen LogP contribution in [0.2, 0.25) is 0 Å². The number of ether oxygens (including phenoxy) is 1. The van der Waals surface area contributed by atoms with Crippen LogP contribution in [0.3, 0.4) is 0 Å². The van der Waals surface area contributed by atoms with Crippen LogP contribution in [0.5, 0.6) is 0 Å². The first kappa shape index (κ1) is 22.7. The molecule has 0 aromatic carbocycles. The van der Waals surface area contributed by atoms with Crippen molar-refractivity contribution in [2.45, 2.75) is 42.0 Å². The Kier molecular flexibility index (Phi) is 7.16. The van der Waals surface area contributed by atoms with Gasteiger partial charge in [-0.05, 0) is 31.6 Å². The molecule has 1 saturated heterocycles. The highest BCUT2D eigenvalue weighted by Gasteiger charge is 2.40. The number of hydrogen-bond donors (Lipinski definition) is 1. The average molecular weight is 474 g/mol. The van der Waals surface area contributed by atoms with Gasteiger partial charge in [0, 0.05) is 19.8 Å². The summed E-state index contributed by atoms with van der Waals surface area (Å²) in [4.78, 5) is 24.7. The molecule has 164 valence electrons. The number of anilines is 1. The van der Waals surface area contributed by atoms with Crippen molar-refractivity contribution >= 4 is 50.1 Å². The number of aromatic nitrogens is 3. The minimum atomic E-state index is -3.97. The number of carbonyl (C=O) groups excluding carboxylic acids is 2. The molecular weight excluding hydrogens is 450 g/mol. The van der Waals surface area contributed by atoms with Crippen molar-refractivity contribution in [3.63, 3.8) is 0 Å². The lowest BCUT2D eigenvalue weighted by Crippen LogP contribution is -2.43. The van der Waals surface area contributed by atoms with E-state index in [9.17, 15) is 18.0 Å². The van der Waals surface area contributed by atoms with Crippen LogP contribution in [0.25, 0.3) is 0 Å². The minimum absolute atomic E-state index is 0.0506. The minimum Gasteiger partial charge on any atom is -0.461 e. The first-order chi connectivity index (χ1) is 14.3. The SMILES string of the molecule is CCOC(=O)c1cc(S(=O)(=O)N2CCC[C@@H]2C(=O)Nc2nnc(SCC)s2)cn1C. The Morgan fingerprint density at radius 3 is 2.83 bits per heavy atom. The van der Waals surface area contributed by atoms with Gasteiger partial charge in [0.2, 0.25) is 21.1 Å².